The lowest BCUT2D eigenvalue weighted by molar-refractivity contribution is 0.129. The van der Waals surface area contributed by atoms with Gasteiger partial charge in [0.05, 0.1) is 6.10 Å². The monoisotopic (exact) mass is 293 g/mol. The summed E-state index contributed by atoms with van der Waals surface area (Å²) in [4.78, 5) is 0. The molecule has 2 unspecified atom stereocenters. The topological polar surface area (TPSA) is 21.3 Å². The minimum Gasteiger partial charge on any atom is -0.377 e. The third kappa shape index (κ3) is 5.12. The fraction of sp³-hybridized carbons (Fsp3) is 0.647. The molecule has 20 heavy (non-hydrogen) atoms. The SMILES string of the molecule is CCCNC(CSCC1CCCO1)c1cccc(C)c1. The van der Waals surface area contributed by atoms with Crippen molar-refractivity contribution in [3.63, 3.8) is 0 Å². The molecule has 3 heteroatoms. The second-order valence-electron chi connectivity index (χ2n) is 5.59. The lowest BCUT2D eigenvalue weighted by Gasteiger charge is -2.20. The van der Waals surface area contributed by atoms with E-state index in [1.165, 1.54) is 30.4 Å². The molecule has 1 heterocycles. The van der Waals surface area contributed by atoms with Gasteiger partial charge in [-0.1, -0.05) is 36.8 Å². The minimum absolute atomic E-state index is 0.459. The first-order valence-corrected chi connectivity index (χ1v) is 8.94. The zero-order chi connectivity index (χ0) is 14.2. The van der Waals surface area contributed by atoms with Gasteiger partial charge in [-0.2, -0.15) is 11.8 Å². The van der Waals surface area contributed by atoms with E-state index >= 15 is 0 Å². The van der Waals surface area contributed by atoms with Crippen molar-refractivity contribution in [1.29, 1.82) is 0 Å². The van der Waals surface area contributed by atoms with E-state index in [9.17, 15) is 0 Å². The highest BCUT2D eigenvalue weighted by atomic mass is 32.2. The Morgan fingerprint density at radius 3 is 3.05 bits per heavy atom. The number of hydrogen-bond acceptors (Lipinski definition) is 3. The first-order valence-electron chi connectivity index (χ1n) is 7.79. The van der Waals surface area contributed by atoms with Gasteiger partial charge in [-0.3, -0.25) is 0 Å². The highest BCUT2D eigenvalue weighted by molar-refractivity contribution is 7.99. The van der Waals surface area contributed by atoms with Crippen molar-refractivity contribution in [3.8, 4) is 0 Å². The van der Waals surface area contributed by atoms with E-state index in [2.05, 4.69) is 43.4 Å². The molecule has 0 bridgehead atoms. The summed E-state index contributed by atoms with van der Waals surface area (Å²) in [6, 6.07) is 9.34. The molecule has 2 nitrogen and oxygen atoms in total. The summed E-state index contributed by atoms with van der Waals surface area (Å²) in [6.45, 7) is 6.43. The van der Waals surface area contributed by atoms with E-state index in [1.54, 1.807) is 0 Å². The Kier molecular flexibility index (Phi) is 6.91. The predicted molar refractivity (Wildman–Crippen MR) is 88.5 cm³/mol. The summed E-state index contributed by atoms with van der Waals surface area (Å²) in [6.07, 6.45) is 4.15. The molecule has 1 aliphatic rings. The Bertz CT molecular complexity index is 390. The molecule has 2 atom stereocenters. The lowest BCUT2D eigenvalue weighted by atomic mass is 10.1. The normalized spacial score (nSPS) is 20.2. The molecule has 0 radical (unpaired) electrons. The quantitative estimate of drug-likeness (QED) is 0.784. The highest BCUT2D eigenvalue weighted by Crippen LogP contribution is 2.23. The molecule has 0 amide bonds. The van der Waals surface area contributed by atoms with Crippen LogP contribution in [0.15, 0.2) is 24.3 Å². The zero-order valence-electron chi connectivity index (χ0n) is 12.7. The third-order valence-corrected chi connectivity index (χ3v) is 4.87. The average Bonchev–Trinajstić information content (AvgIpc) is 2.96. The van der Waals surface area contributed by atoms with Gasteiger partial charge in [0.2, 0.25) is 0 Å². The largest absolute Gasteiger partial charge is 0.377 e. The minimum atomic E-state index is 0.459. The summed E-state index contributed by atoms with van der Waals surface area (Å²) >= 11 is 2.02. The van der Waals surface area contributed by atoms with Crippen molar-refractivity contribution in [2.45, 2.75) is 45.3 Å². The fourth-order valence-electron chi connectivity index (χ4n) is 2.57. The van der Waals surface area contributed by atoms with Gasteiger partial charge in [0.25, 0.3) is 0 Å². The maximum atomic E-state index is 5.70. The van der Waals surface area contributed by atoms with E-state index in [-0.39, 0.29) is 0 Å². The van der Waals surface area contributed by atoms with Gasteiger partial charge < -0.3 is 10.1 Å². The van der Waals surface area contributed by atoms with Gasteiger partial charge in [-0.15, -0.1) is 0 Å². The smallest absolute Gasteiger partial charge is 0.0666 e. The van der Waals surface area contributed by atoms with Crippen molar-refractivity contribution < 1.29 is 4.74 Å². The van der Waals surface area contributed by atoms with E-state index in [1.807, 2.05) is 11.8 Å². The lowest BCUT2D eigenvalue weighted by Crippen LogP contribution is -2.25. The maximum Gasteiger partial charge on any atom is 0.0666 e. The Hall–Kier alpha value is -0.510. The molecule has 1 aromatic rings. The number of nitrogens with one attached hydrogen (secondary N) is 1. The van der Waals surface area contributed by atoms with Gasteiger partial charge in [0.15, 0.2) is 0 Å². The first kappa shape index (κ1) is 15.9. The number of benzene rings is 1. The molecule has 112 valence electrons. The number of ether oxygens (including phenoxy) is 1. The predicted octanol–water partition coefficient (Wildman–Crippen LogP) is 3.95. The van der Waals surface area contributed by atoms with Crippen LogP contribution in [0.2, 0.25) is 0 Å². The summed E-state index contributed by atoms with van der Waals surface area (Å²) < 4.78 is 5.70. The summed E-state index contributed by atoms with van der Waals surface area (Å²) in [5, 5.41) is 3.68. The third-order valence-electron chi connectivity index (χ3n) is 3.70. The van der Waals surface area contributed by atoms with Crippen molar-refractivity contribution >= 4 is 11.8 Å². The van der Waals surface area contributed by atoms with Crippen molar-refractivity contribution in [3.05, 3.63) is 35.4 Å². The number of thioether (sulfide) groups is 1. The van der Waals surface area contributed by atoms with Crippen LogP contribution in [0.5, 0.6) is 0 Å². The molecule has 0 aromatic heterocycles. The molecule has 0 spiro atoms. The van der Waals surface area contributed by atoms with Crippen LogP contribution in [0.1, 0.15) is 43.4 Å². The average molecular weight is 293 g/mol. The summed E-state index contributed by atoms with van der Waals surface area (Å²) in [5.74, 6) is 2.26. The van der Waals surface area contributed by atoms with Gasteiger partial charge >= 0.3 is 0 Å². The van der Waals surface area contributed by atoms with Gasteiger partial charge in [0, 0.05) is 24.2 Å². The van der Waals surface area contributed by atoms with Crippen LogP contribution in [0.25, 0.3) is 0 Å². The molecule has 1 aromatic carbocycles. The van der Waals surface area contributed by atoms with E-state index in [4.69, 9.17) is 4.74 Å². The Morgan fingerprint density at radius 2 is 2.35 bits per heavy atom. The Balaban J connectivity index is 1.85. The maximum absolute atomic E-state index is 5.70. The van der Waals surface area contributed by atoms with E-state index in [0.717, 1.165) is 24.7 Å². The van der Waals surface area contributed by atoms with Gasteiger partial charge in [-0.05, 0) is 38.3 Å². The van der Waals surface area contributed by atoms with Crippen LogP contribution in [0, 0.1) is 6.92 Å². The molecule has 2 rings (SSSR count). The molecule has 1 fully saturated rings. The summed E-state index contributed by atoms with van der Waals surface area (Å²) in [5.41, 5.74) is 2.76. The number of rotatable bonds is 8. The van der Waals surface area contributed by atoms with Crippen LogP contribution in [-0.2, 0) is 4.74 Å². The van der Waals surface area contributed by atoms with Crippen LogP contribution in [-0.4, -0.2) is 30.8 Å². The van der Waals surface area contributed by atoms with Crippen LogP contribution in [0.3, 0.4) is 0 Å². The van der Waals surface area contributed by atoms with Gasteiger partial charge in [-0.25, -0.2) is 0 Å². The van der Waals surface area contributed by atoms with E-state index < -0.39 is 0 Å². The van der Waals surface area contributed by atoms with Crippen molar-refractivity contribution in [2.24, 2.45) is 0 Å². The molecule has 0 aliphatic carbocycles. The molecule has 1 aliphatic heterocycles. The standard InChI is InChI=1S/C17H27NOS/c1-3-9-18-17(15-7-4-6-14(2)11-15)13-20-12-16-8-5-10-19-16/h4,6-7,11,16-18H,3,5,8-10,12-13H2,1-2H3. The first-order chi connectivity index (χ1) is 9.79. The van der Waals surface area contributed by atoms with Gasteiger partial charge in [0.1, 0.15) is 0 Å². The van der Waals surface area contributed by atoms with Crippen LogP contribution < -0.4 is 5.32 Å². The summed E-state index contributed by atoms with van der Waals surface area (Å²) in [7, 11) is 0. The molecule has 0 saturated carbocycles. The zero-order valence-corrected chi connectivity index (χ0v) is 13.5. The molecular weight excluding hydrogens is 266 g/mol. The van der Waals surface area contributed by atoms with Crippen LogP contribution in [0.4, 0.5) is 0 Å². The second-order valence-corrected chi connectivity index (χ2v) is 6.67. The van der Waals surface area contributed by atoms with Crippen LogP contribution >= 0.6 is 11.8 Å². The second kappa shape index (κ2) is 8.71. The number of aryl methyl sites for hydroxylation is 1. The molecule has 1 N–H and O–H groups in total. The van der Waals surface area contributed by atoms with E-state index in [0.29, 0.717) is 12.1 Å². The Labute approximate surface area is 127 Å². The van der Waals surface area contributed by atoms with Crippen molar-refractivity contribution in [2.75, 3.05) is 24.7 Å². The highest BCUT2D eigenvalue weighted by Gasteiger charge is 2.17. The number of hydrogen-bond donors (Lipinski definition) is 1. The Morgan fingerprint density at radius 1 is 1.45 bits per heavy atom. The fourth-order valence-corrected chi connectivity index (χ4v) is 3.78. The molecular formula is C17H27NOS. The van der Waals surface area contributed by atoms with Crippen molar-refractivity contribution in [1.82, 2.24) is 5.32 Å². The molecule has 1 saturated heterocycles.